The van der Waals surface area contributed by atoms with Crippen molar-refractivity contribution in [1.82, 2.24) is 4.90 Å². The summed E-state index contributed by atoms with van der Waals surface area (Å²) in [5.41, 5.74) is 0.165. The van der Waals surface area contributed by atoms with Crippen LogP contribution in [-0.4, -0.2) is 29.6 Å². The van der Waals surface area contributed by atoms with Gasteiger partial charge in [0.05, 0.1) is 5.60 Å². The Labute approximate surface area is 150 Å². The van der Waals surface area contributed by atoms with Crippen LogP contribution in [0, 0.1) is 5.92 Å². The van der Waals surface area contributed by atoms with E-state index in [1.54, 1.807) is 11.8 Å². The summed E-state index contributed by atoms with van der Waals surface area (Å²) in [7, 11) is 0. The molecule has 0 aliphatic heterocycles. The molecule has 0 saturated carbocycles. The maximum atomic E-state index is 11.0. The first kappa shape index (κ1) is 19.0. The standard InChI is InChI=1S/C21H29NOS/c1-5-22(6-2)16-17(3)21(4,23)18-12-14-20(15-13-18)24-19-10-8-7-9-11-19/h7-15,17,23H,5-6,16H2,1-4H3. The van der Waals surface area contributed by atoms with Gasteiger partial charge in [0.1, 0.15) is 0 Å². The highest BCUT2D eigenvalue weighted by molar-refractivity contribution is 7.99. The van der Waals surface area contributed by atoms with E-state index >= 15 is 0 Å². The number of benzene rings is 2. The van der Waals surface area contributed by atoms with Gasteiger partial charge >= 0.3 is 0 Å². The van der Waals surface area contributed by atoms with Gasteiger partial charge in [-0.3, -0.25) is 0 Å². The van der Waals surface area contributed by atoms with E-state index < -0.39 is 5.60 Å². The zero-order valence-corrected chi connectivity index (χ0v) is 16.0. The van der Waals surface area contributed by atoms with Crippen molar-refractivity contribution in [3.8, 4) is 0 Å². The van der Waals surface area contributed by atoms with Crippen molar-refractivity contribution in [2.75, 3.05) is 19.6 Å². The highest BCUT2D eigenvalue weighted by Gasteiger charge is 2.31. The van der Waals surface area contributed by atoms with Crippen LogP contribution in [0.1, 0.15) is 33.3 Å². The summed E-state index contributed by atoms with van der Waals surface area (Å²) >= 11 is 1.74. The van der Waals surface area contributed by atoms with Gasteiger partial charge in [0.25, 0.3) is 0 Å². The van der Waals surface area contributed by atoms with Crippen molar-refractivity contribution in [2.24, 2.45) is 5.92 Å². The predicted octanol–water partition coefficient (Wildman–Crippen LogP) is 5.02. The molecule has 0 spiro atoms. The summed E-state index contributed by atoms with van der Waals surface area (Å²) in [6.45, 7) is 11.3. The fraction of sp³-hybridized carbons (Fsp3) is 0.429. The molecule has 1 N–H and O–H groups in total. The normalized spacial score (nSPS) is 15.2. The average molecular weight is 344 g/mol. The monoisotopic (exact) mass is 343 g/mol. The molecule has 0 aromatic heterocycles. The SMILES string of the molecule is CCN(CC)CC(C)C(C)(O)c1ccc(Sc2ccccc2)cc1. The van der Waals surface area contributed by atoms with Gasteiger partial charge in [-0.05, 0) is 49.8 Å². The molecule has 0 fully saturated rings. The minimum Gasteiger partial charge on any atom is -0.385 e. The maximum absolute atomic E-state index is 11.0. The van der Waals surface area contributed by atoms with E-state index in [2.05, 4.69) is 74.2 Å². The Morgan fingerprint density at radius 2 is 1.50 bits per heavy atom. The van der Waals surface area contributed by atoms with Crippen LogP contribution in [0.25, 0.3) is 0 Å². The van der Waals surface area contributed by atoms with Crippen LogP contribution in [-0.2, 0) is 5.60 Å². The molecule has 2 aromatic carbocycles. The Morgan fingerprint density at radius 3 is 2.04 bits per heavy atom. The van der Waals surface area contributed by atoms with E-state index in [1.165, 1.54) is 9.79 Å². The number of hydrogen-bond donors (Lipinski definition) is 1. The molecule has 0 saturated heterocycles. The molecule has 0 amide bonds. The first-order valence-corrected chi connectivity index (χ1v) is 9.57. The topological polar surface area (TPSA) is 23.5 Å². The van der Waals surface area contributed by atoms with Gasteiger partial charge in [-0.15, -0.1) is 0 Å². The smallest absolute Gasteiger partial charge is 0.0906 e. The van der Waals surface area contributed by atoms with E-state index in [0.29, 0.717) is 0 Å². The fourth-order valence-electron chi connectivity index (χ4n) is 2.82. The Hall–Kier alpha value is -1.29. The molecule has 2 aromatic rings. The quantitative estimate of drug-likeness (QED) is 0.728. The third-order valence-corrected chi connectivity index (χ3v) is 5.82. The van der Waals surface area contributed by atoms with Crippen LogP contribution in [0.5, 0.6) is 0 Å². The van der Waals surface area contributed by atoms with Gasteiger partial charge < -0.3 is 10.0 Å². The molecule has 0 radical (unpaired) electrons. The summed E-state index contributed by atoms with van der Waals surface area (Å²) in [5.74, 6) is 0.171. The van der Waals surface area contributed by atoms with Gasteiger partial charge in [-0.1, -0.05) is 62.9 Å². The summed E-state index contributed by atoms with van der Waals surface area (Å²) in [6, 6.07) is 18.7. The zero-order valence-electron chi connectivity index (χ0n) is 15.2. The maximum Gasteiger partial charge on any atom is 0.0906 e. The van der Waals surface area contributed by atoms with Gasteiger partial charge in [0, 0.05) is 22.3 Å². The fourth-order valence-corrected chi connectivity index (χ4v) is 3.65. The molecule has 3 heteroatoms. The van der Waals surface area contributed by atoms with Crippen molar-refractivity contribution in [3.05, 3.63) is 60.2 Å². The Balaban J connectivity index is 2.07. The molecule has 130 valence electrons. The molecular formula is C21H29NOS. The molecule has 2 unspecified atom stereocenters. The van der Waals surface area contributed by atoms with Crippen LogP contribution in [0.3, 0.4) is 0 Å². The highest BCUT2D eigenvalue weighted by atomic mass is 32.2. The van der Waals surface area contributed by atoms with Gasteiger partial charge in [-0.2, -0.15) is 0 Å². The minimum atomic E-state index is -0.821. The lowest BCUT2D eigenvalue weighted by atomic mass is 9.83. The van der Waals surface area contributed by atoms with Crippen LogP contribution < -0.4 is 0 Å². The van der Waals surface area contributed by atoms with Crippen LogP contribution >= 0.6 is 11.8 Å². The molecule has 2 atom stereocenters. The van der Waals surface area contributed by atoms with Gasteiger partial charge in [-0.25, -0.2) is 0 Å². The molecular weight excluding hydrogens is 314 g/mol. The summed E-state index contributed by atoms with van der Waals surface area (Å²) in [5, 5.41) is 11.0. The molecule has 0 bridgehead atoms. The van der Waals surface area contributed by atoms with Crippen LogP contribution in [0.15, 0.2) is 64.4 Å². The van der Waals surface area contributed by atoms with Gasteiger partial charge in [0.2, 0.25) is 0 Å². The van der Waals surface area contributed by atoms with Crippen molar-refractivity contribution in [2.45, 2.75) is 43.1 Å². The van der Waals surface area contributed by atoms with E-state index in [9.17, 15) is 5.11 Å². The average Bonchev–Trinajstić information content (AvgIpc) is 2.60. The molecule has 0 aliphatic rings. The first-order valence-electron chi connectivity index (χ1n) is 8.75. The third kappa shape index (κ3) is 4.85. The lowest BCUT2D eigenvalue weighted by Crippen LogP contribution is -2.39. The molecule has 2 nitrogen and oxygen atoms in total. The third-order valence-electron chi connectivity index (χ3n) is 4.80. The number of aliphatic hydroxyl groups is 1. The van der Waals surface area contributed by atoms with Crippen molar-refractivity contribution in [1.29, 1.82) is 0 Å². The molecule has 2 rings (SSSR count). The van der Waals surface area contributed by atoms with E-state index in [-0.39, 0.29) is 5.92 Å². The van der Waals surface area contributed by atoms with Crippen molar-refractivity contribution in [3.63, 3.8) is 0 Å². The summed E-state index contributed by atoms with van der Waals surface area (Å²) in [6.07, 6.45) is 0. The second kappa shape index (κ2) is 8.70. The highest BCUT2D eigenvalue weighted by Crippen LogP contribution is 2.33. The van der Waals surface area contributed by atoms with E-state index in [0.717, 1.165) is 25.2 Å². The predicted molar refractivity (Wildman–Crippen MR) is 104 cm³/mol. The Morgan fingerprint density at radius 1 is 0.958 bits per heavy atom. The van der Waals surface area contributed by atoms with Crippen LogP contribution in [0.4, 0.5) is 0 Å². The molecule has 24 heavy (non-hydrogen) atoms. The lowest BCUT2D eigenvalue weighted by molar-refractivity contribution is -0.0119. The Bertz CT molecular complexity index is 605. The summed E-state index contributed by atoms with van der Waals surface area (Å²) in [4.78, 5) is 4.78. The number of rotatable bonds is 8. The lowest BCUT2D eigenvalue weighted by Gasteiger charge is -2.34. The van der Waals surface area contributed by atoms with Crippen molar-refractivity contribution < 1.29 is 5.11 Å². The first-order chi connectivity index (χ1) is 11.5. The van der Waals surface area contributed by atoms with Gasteiger partial charge in [0.15, 0.2) is 0 Å². The van der Waals surface area contributed by atoms with Crippen molar-refractivity contribution >= 4 is 11.8 Å². The van der Waals surface area contributed by atoms with E-state index in [4.69, 9.17) is 0 Å². The second-order valence-corrected chi connectivity index (χ2v) is 7.62. The Kier molecular flexibility index (Phi) is 6.90. The molecule has 0 aliphatic carbocycles. The molecule has 0 heterocycles. The largest absolute Gasteiger partial charge is 0.385 e. The minimum absolute atomic E-state index is 0.171. The number of hydrogen-bond acceptors (Lipinski definition) is 3. The van der Waals surface area contributed by atoms with Crippen LogP contribution in [0.2, 0.25) is 0 Å². The van der Waals surface area contributed by atoms with E-state index in [1.807, 2.05) is 13.0 Å². The summed E-state index contributed by atoms with van der Waals surface area (Å²) < 4.78 is 0. The number of nitrogens with zero attached hydrogens (tertiary/aromatic N) is 1. The second-order valence-electron chi connectivity index (χ2n) is 6.47. The zero-order chi connectivity index (χ0) is 17.6.